The van der Waals surface area contributed by atoms with E-state index in [4.69, 9.17) is 16.3 Å². The summed E-state index contributed by atoms with van der Waals surface area (Å²) in [5.41, 5.74) is 1.13. The van der Waals surface area contributed by atoms with Crippen LogP contribution in [0.2, 0.25) is 5.02 Å². The third-order valence-corrected chi connectivity index (χ3v) is 4.21. The van der Waals surface area contributed by atoms with Crippen LogP contribution in [0.3, 0.4) is 0 Å². The Kier molecular flexibility index (Phi) is 6.66. The minimum atomic E-state index is -0.390. The van der Waals surface area contributed by atoms with E-state index in [0.29, 0.717) is 13.1 Å². The smallest absolute Gasteiger partial charge is 0.0791 e. The molecule has 1 saturated heterocycles. The molecule has 4 atom stereocenters. The summed E-state index contributed by atoms with van der Waals surface area (Å²) in [7, 11) is 0. The second kappa shape index (κ2) is 8.27. The molecule has 0 aliphatic carbocycles. The Morgan fingerprint density at radius 1 is 1.36 bits per heavy atom. The molecular formula is C17H27ClN2O2. The van der Waals surface area contributed by atoms with Gasteiger partial charge in [-0.2, -0.15) is 0 Å². The lowest BCUT2D eigenvalue weighted by molar-refractivity contribution is -0.0762. The first-order valence-electron chi connectivity index (χ1n) is 7.98. The van der Waals surface area contributed by atoms with E-state index >= 15 is 0 Å². The third-order valence-electron chi connectivity index (χ3n) is 3.97. The van der Waals surface area contributed by atoms with Crippen LogP contribution in [-0.4, -0.2) is 54.5 Å². The Morgan fingerprint density at radius 2 is 2.05 bits per heavy atom. The molecule has 4 nitrogen and oxygen atoms in total. The molecule has 4 unspecified atom stereocenters. The van der Waals surface area contributed by atoms with Crippen molar-refractivity contribution in [1.82, 2.24) is 10.2 Å². The Hall–Kier alpha value is -0.650. The van der Waals surface area contributed by atoms with Crippen molar-refractivity contribution >= 4 is 11.6 Å². The molecule has 1 fully saturated rings. The predicted octanol–water partition coefficient (Wildman–Crippen LogP) is 2.46. The molecular weight excluding hydrogens is 300 g/mol. The highest BCUT2D eigenvalue weighted by Gasteiger charge is 2.23. The lowest BCUT2D eigenvalue weighted by atomic mass is 10.1. The summed E-state index contributed by atoms with van der Waals surface area (Å²) in [5, 5.41) is 14.4. The first-order valence-corrected chi connectivity index (χ1v) is 8.36. The fourth-order valence-corrected chi connectivity index (χ4v) is 3.20. The van der Waals surface area contributed by atoms with E-state index in [-0.39, 0.29) is 24.4 Å². The topological polar surface area (TPSA) is 44.7 Å². The van der Waals surface area contributed by atoms with Crippen molar-refractivity contribution in [3.63, 3.8) is 0 Å². The van der Waals surface area contributed by atoms with Crippen LogP contribution in [0.4, 0.5) is 0 Å². The zero-order valence-electron chi connectivity index (χ0n) is 13.6. The number of hydrogen-bond donors (Lipinski definition) is 2. The van der Waals surface area contributed by atoms with Crippen molar-refractivity contribution in [3.05, 3.63) is 34.9 Å². The van der Waals surface area contributed by atoms with Gasteiger partial charge in [0.25, 0.3) is 0 Å². The maximum atomic E-state index is 10.3. The van der Waals surface area contributed by atoms with E-state index < -0.39 is 0 Å². The molecule has 0 amide bonds. The number of nitrogens with one attached hydrogen (secondary N) is 1. The second-order valence-corrected chi connectivity index (χ2v) is 6.75. The number of benzene rings is 1. The van der Waals surface area contributed by atoms with Gasteiger partial charge in [-0.05, 0) is 38.5 Å². The number of ether oxygens (including phenoxy) is 1. The fraction of sp³-hybridized carbons (Fsp3) is 0.647. The fourth-order valence-electron chi connectivity index (χ4n) is 3.00. The van der Waals surface area contributed by atoms with Crippen LogP contribution >= 0.6 is 11.6 Å². The number of rotatable bonds is 6. The molecule has 1 heterocycles. The molecule has 2 N–H and O–H groups in total. The standard InChI is InChI=1S/C17H27ClN2O2/c1-12-9-20(10-13(2)22-12)11-17(21)8-19-14(3)15-5-4-6-16(18)7-15/h4-7,12-14,17,19,21H,8-11H2,1-3H3. The molecule has 5 heteroatoms. The minimum absolute atomic E-state index is 0.163. The minimum Gasteiger partial charge on any atom is -0.390 e. The van der Waals surface area contributed by atoms with Gasteiger partial charge < -0.3 is 15.2 Å². The number of nitrogens with zero attached hydrogens (tertiary/aromatic N) is 1. The van der Waals surface area contributed by atoms with Crippen molar-refractivity contribution in [2.75, 3.05) is 26.2 Å². The van der Waals surface area contributed by atoms with Gasteiger partial charge in [-0.25, -0.2) is 0 Å². The van der Waals surface area contributed by atoms with Gasteiger partial charge in [-0.1, -0.05) is 23.7 Å². The number of hydrogen-bond acceptors (Lipinski definition) is 4. The van der Waals surface area contributed by atoms with Crippen LogP contribution in [0.1, 0.15) is 32.4 Å². The summed E-state index contributed by atoms with van der Waals surface area (Å²) < 4.78 is 5.71. The Morgan fingerprint density at radius 3 is 2.68 bits per heavy atom. The zero-order valence-corrected chi connectivity index (χ0v) is 14.4. The molecule has 0 aromatic heterocycles. The van der Waals surface area contributed by atoms with Gasteiger partial charge in [0.05, 0.1) is 18.3 Å². The van der Waals surface area contributed by atoms with Crippen LogP contribution in [0, 0.1) is 0 Å². The van der Waals surface area contributed by atoms with Gasteiger partial charge in [0, 0.05) is 37.2 Å². The molecule has 0 saturated carbocycles. The summed E-state index contributed by atoms with van der Waals surface area (Å²) >= 11 is 6.01. The van der Waals surface area contributed by atoms with Crippen LogP contribution in [-0.2, 0) is 4.74 Å². The van der Waals surface area contributed by atoms with Gasteiger partial charge in [0.2, 0.25) is 0 Å². The van der Waals surface area contributed by atoms with Crippen molar-refractivity contribution in [3.8, 4) is 0 Å². The SMILES string of the molecule is CC1CN(CC(O)CNC(C)c2cccc(Cl)c2)CC(C)O1. The van der Waals surface area contributed by atoms with E-state index in [0.717, 1.165) is 23.7 Å². The first-order chi connectivity index (χ1) is 10.4. The monoisotopic (exact) mass is 326 g/mol. The molecule has 1 aromatic carbocycles. The summed E-state index contributed by atoms with van der Waals surface area (Å²) in [6.07, 6.45) is 0.0720. The summed E-state index contributed by atoms with van der Waals surface area (Å²) in [6, 6.07) is 7.98. The van der Waals surface area contributed by atoms with E-state index in [9.17, 15) is 5.11 Å². The quantitative estimate of drug-likeness (QED) is 0.843. The zero-order chi connectivity index (χ0) is 16.1. The number of aliphatic hydroxyl groups excluding tert-OH is 1. The molecule has 1 aliphatic rings. The maximum Gasteiger partial charge on any atom is 0.0791 e. The summed E-state index contributed by atoms with van der Waals surface area (Å²) in [5.74, 6) is 0. The van der Waals surface area contributed by atoms with Gasteiger partial charge >= 0.3 is 0 Å². The highest BCUT2D eigenvalue weighted by molar-refractivity contribution is 6.30. The Balaban J connectivity index is 1.76. The molecule has 2 rings (SSSR count). The van der Waals surface area contributed by atoms with E-state index in [1.807, 2.05) is 24.3 Å². The Labute approximate surface area is 138 Å². The van der Waals surface area contributed by atoms with Crippen molar-refractivity contribution in [2.45, 2.75) is 45.1 Å². The summed E-state index contributed by atoms with van der Waals surface area (Å²) in [6.45, 7) is 9.23. The largest absolute Gasteiger partial charge is 0.390 e. The van der Waals surface area contributed by atoms with Crippen LogP contribution in [0.25, 0.3) is 0 Å². The van der Waals surface area contributed by atoms with Gasteiger partial charge in [0.15, 0.2) is 0 Å². The third kappa shape index (κ3) is 5.52. The van der Waals surface area contributed by atoms with Crippen LogP contribution in [0.15, 0.2) is 24.3 Å². The molecule has 0 radical (unpaired) electrons. The van der Waals surface area contributed by atoms with Gasteiger partial charge in [-0.3, -0.25) is 4.90 Å². The van der Waals surface area contributed by atoms with Crippen molar-refractivity contribution in [2.24, 2.45) is 0 Å². The van der Waals surface area contributed by atoms with Crippen LogP contribution < -0.4 is 5.32 Å². The second-order valence-electron chi connectivity index (χ2n) is 6.31. The highest BCUT2D eigenvalue weighted by atomic mass is 35.5. The number of β-amino-alcohol motifs (C(OH)–C–C–N with tert-alkyl or cyclic N) is 1. The van der Waals surface area contributed by atoms with Crippen LogP contribution in [0.5, 0.6) is 0 Å². The van der Waals surface area contributed by atoms with E-state index in [1.54, 1.807) is 0 Å². The molecule has 124 valence electrons. The Bertz CT molecular complexity index is 462. The van der Waals surface area contributed by atoms with E-state index in [1.165, 1.54) is 0 Å². The molecule has 1 aromatic rings. The van der Waals surface area contributed by atoms with Gasteiger partial charge in [0.1, 0.15) is 0 Å². The highest BCUT2D eigenvalue weighted by Crippen LogP contribution is 2.17. The molecule has 22 heavy (non-hydrogen) atoms. The van der Waals surface area contributed by atoms with Crippen molar-refractivity contribution in [1.29, 1.82) is 0 Å². The first kappa shape index (κ1) is 17.7. The van der Waals surface area contributed by atoms with Gasteiger partial charge in [-0.15, -0.1) is 0 Å². The lowest BCUT2D eigenvalue weighted by Gasteiger charge is -2.36. The molecule has 0 bridgehead atoms. The average molecular weight is 327 g/mol. The molecule has 0 spiro atoms. The van der Waals surface area contributed by atoms with Crippen molar-refractivity contribution < 1.29 is 9.84 Å². The number of morpholine rings is 1. The normalized spacial score (nSPS) is 25.9. The maximum absolute atomic E-state index is 10.3. The number of aliphatic hydroxyl groups is 1. The van der Waals surface area contributed by atoms with E-state index in [2.05, 4.69) is 31.0 Å². The lowest BCUT2D eigenvalue weighted by Crippen LogP contribution is -2.49. The molecule has 1 aliphatic heterocycles. The number of halogens is 1. The summed E-state index contributed by atoms with van der Waals surface area (Å²) in [4.78, 5) is 2.27. The average Bonchev–Trinajstić information content (AvgIpc) is 2.43. The predicted molar refractivity (Wildman–Crippen MR) is 90.3 cm³/mol.